The van der Waals surface area contributed by atoms with Crippen LogP contribution in [0.25, 0.3) is 5.65 Å². The molecule has 3 aromatic rings. The van der Waals surface area contributed by atoms with Crippen LogP contribution in [0.15, 0.2) is 47.8 Å². The number of halogens is 2. The fraction of sp³-hybridized carbons (Fsp3) is 0.0714. The monoisotopic (exact) mass is 337 g/mol. The second-order valence-electron chi connectivity index (χ2n) is 4.25. The Morgan fingerprint density at radius 1 is 1.19 bits per heavy atom. The summed E-state index contributed by atoms with van der Waals surface area (Å²) in [6.07, 6.45) is 1.86. The molecule has 0 aliphatic rings. The highest BCUT2D eigenvalue weighted by atomic mass is 35.5. The van der Waals surface area contributed by atoms with Gasteiger partial charge in [0, 0.05) is 16.8 Å². The summed E-state index contributed by atoms with van der Waals surface area (Å²) in [5.41, 5.74) is 1.21. The summed E-state index contributed by atoms with van der Waals surface area (Å²) in [5, 5.41) is 9.64. The Morgan fingerprint density at radius 3 is 2.86 bits per heavy atom. The van der Waals surface area contributed by atoms with Crippen molar-refractivity contribution < 1.29 is 4.79 Å². The maximum Gasteiger partial charge on any atom is 0.196 e. The first-order valence-corrected chi connectivity index (χ1v) is 7.80. The number of pyridine rings is 1. The maximum absolute atomic E-state index is 12.2. The molecule has 0 radical (unpaired) electrons. The van der Waals surface area contributed by atoms with Crippen molar-refractivity contribution in [2.24, 2.45) is 0 Å². The normalized spacial score (nSPS) is 11.0. The lowest BCUT2D eigenvalue weighted by Gasteiger charge is -2.03. The van der Waals surface area contributed by atoms with Crippen LogP contribution in [-0.2, 0) is 0 Å². The van der Waals surface area contributed by atoms with Crippen LogP contribution in [0.3, 0.4) is 0 Å². The number of aromatic nitrogens is 3. The van der Waals surface area contributed by atoms with Crippen molar-refractivity contribution in [3.63, 3.8) is 0 Å². The molecule has 106 valence electrons. The molecule has 0 aliphatic carbocycles. The summed E-state index contributed by atoms with van der Waals surface area (Å²) >= 11 is 13.2. The van der Waals surface area contributed by atoms with Gasteiger partial charge in [0.25, 0.3) is 0 Å². The molecule has 3 rings (SSSR count). The molecule has 0 saturated carbocycles. The molecular formula is C14H9Cl2N3OS. The molecule has 0 saturated heterocycles. The van der Waals surface area contributed by atoms with E-state index in [0.717, 1.165) is 5.65 Å². The summed E-state index contributed by atoms with van der Waals surface area (Å²) in [5.74, 6) is 0.158. The fourth-order valence-electron chi connectivity index (χ4n) is 1.84. The number of rotatable bonds is 4. The summed E-state index contributed by atoms with van der Waals surface area (Å²) in [4.78, 5) is 12.2. The van der Waals surface area contributed by atoms with E-state index in [-0.39, 0.29) is 11.5 Å². The highest BCUT2D eigenvalue weighted by Gasteiger charge is 2.13. The third-order valence-electron chi connectivity index (χ3n) is 2.85. The molecule has 0 spiro atoms. The third kappa shape index (κ3) is 3.05. The van der Waals surface area contributed by atoms with E-state index < -0.39 is 0 Å². The van der Waals surface area contributed by atoms with Crippen LogP contribution in [0.1, 0.15) is 10.4 Å². The summed E-state index contributed by atoms with van der Waals surface area (Å²) in [7, 11) is 0. The van der Waals surface area contributed by atoms with Crippen molar-refractivity contribution in [3.8, 4) is 0 Å². The van der Waals surface area contributed by atoms with Crippen LogP contribution in [0.4, 0.5) is 0 Å². The van der Waals surface area contributed by atoms with Crippen molar-refractivity contribution in [2.75, 3.05) is 5.75 Å². The highest BCUT2D eigenvalue weighted by molar-refractivity contribution is 7.99. The Labute approximate surface area is 135 Å². The van der Waals surface area contributed by atoms with Gasteiger partial charge in [-0.1, -0.05) is 41.0 Å². The molecule has 21 heavy (non-hydrogen) atoms. The van der Waals surface area contributed by atoms with E-state index in [2.05, 4.69) is 10.2 Å². The standard InChI is InChI=1S/C14H9Cl2N3OS/c15-9-4-5-10(11(16)7-9)12(20)8-21-14-18-17-13-3-1-2-6-19(13)14/h1-7H,8H2. The van der Waals surface area contributed by atoms with Crippen molar-refractivity contribution in [1.82, 2.24) is 14.6 Å². The van der Waals surface area contributed by atoms with E-state index in [0.29, 0.717) is 20.8 Å². The van der Waals surface area contributed by atoms with E-state index in [1.165, 1.54) is 11.8 Å². The van der Waals surface area contributed by atoms with Crippen LogP contribution in [0, 0.1) is 0 Å². The Morgan fingerprint density at radius 2 is 2.05 bits per heavy atom. The summed E-state index contributed by atoms with van der Waals surface area (Å²) in [6, 6.07) is 10.5. The molecule has 0 amide bonds. The van der Waals surface area contributed by atoms with Crippen LogP contribution >= 0.6 is 35.0 Å². The van der Waals surface area contributed by atoms with E-state index >= 15 is 0 Å². The van der Waals surface area contributed by atoms with Gasteiger partial charge in [-0.25, -0.2) is 0 Å². The van der Waals surface area contributed by atoms with Gasteiger partial charge in [0.1, 0.15) is 0 Å². The first-order valence-electron chi connectivity index (χ1n) is 6.06. The highest BCUT2D eigenvalue weighted by Crippen LogP contribution is 2.24. The van der Waals surface area contributed by atoms with Gasteiger partial charge >= 0.3 is 0 Å². The number of fused-ring (bicyclic) bond motifs is 1. The molecule has 0 atom stereocenters. The Balaban J connectivity index is 1.77. The number of hydrogen-bond donors (Lipinski definition) is 0. The molecule has 4 nitrogen and oxygen atoms in total. The fourth-order valence-corrected chi connectivity index (χ4v) is 3.16. The van der Waals surface area contributed by atoms with Crippen LogP contribution in [0.2, 0.25) is 10.0 Å². The van der Waals surface area contributed by atoms with Crippen LogP contribution in [-0.4, -0.2) is 26.1 Å². The molecule has 2 heterocycles. The number of carbonyl (C=O) groups is 1. The molecule has 1 aromatic carbocycles. The van der Waals surface area contributed by atoms with Crippen molar-refractivity contribution in [3.05, 3.63) is 58.2 Å². The minimum absolute atomic E-state index is 0.0747. The average Bonchev–Trinajstić information content (AvgIpc) is 2.88. The number of thioether (sulfide) groups is 1. The quantitative estimate of drug-likeness (QED) is 0.533. The number of benzene rings is 1. The lowest BCUT2D eigenvalue weighted by Crippen LogP contribution is -2.04. The number of carbonyl (C=O) groups excluding carboxylic acids is 1. The van der Waals surface area contributed by atoms with Crippen molar-refractivity contribution in [2.45, 2.75) is 5.16 Å². The first-order chi connectivity index (χ1) is 10.1. The molecule has 0 bridgehead atoms. The number of nitrogens with zero attached hydrogens (tertiary/aromatic N) is 3. The molecule has 2 aromatic heterocycles. The lowest BCUT2D eigenvalue weighted by molar-refractivity contribution is 0.102. The van der Waals surface area contributed by atoms with Crippen molar-refractivity contribution in [1.29, 1.82) is 0 Å². The average molecular weight is 338 g/mol. The SMILES string of the molecule is O=C(CSc1nnc2ccccn12)c1ccc(Cl)cc1Cl. The topological polar surface area (TPSA) is 47.3 Å². The zero-order valence-electron chi connectivity index (χ0n) is 10.7. The second-order valence-corrected chi connectivity index (χ2v) is 6.03. The van der Waals surface area contributed by atoms with E-state index in [1.807, 2.05) is 28.8 Å². The largest absolute Gasteiger partial charge is 0.293 e. The summed E-state index contributed by atoms with van der Waals surface area (Å²) in [6.45, 7) is 0. The lowest BCUT2D eigenvalue weighted by atomic mass is 10.1. The molecule has 0 unspecified atom stereocenters. The molecule has 0 fully saturated rings. The van der Waals surface area contributed by atoms with E-state index in [9.17, 15) is 4.79 Å². The van der Waals surface area contributed by atoms with E-state index in [1.54, 1.807) is 18.2 Å². The van der Waals surface area contributed by atoms with E-state index in [4.69, 9.17) is 23.2 Å². The predicted octanol–water partition coefficient (Wildman–Crippen LogP) is 4.01. The Bertz CT molecular complexity index is 819. The molecule has 0 N–H and O–H groups in total. The van der Waals surface area contributed by atoms with Gasteiger partial charge in [-0.05, 0) is 30.3 Å². The maximum atomic E-state index is 12.2. The Kier molecular flexibility index (Phi) is 4.14. The number of ketones is 1. The smallest absolute Gasteiger partial charge is 0.196 e. The van der Waals surface area contributed by atoms with Gasteiger partial charge in [0.05, 0.1) is 10.8 Å². The van der Waals surface area contributed by atoms with Gasteiger partial charge in [-0.15, -0.1) is 10.2 Å². The molecule has 7 heteroatoms. The van der Waals surface area contributed by atoms with Gasteiger partial charge < -0.3 is 0 Å². The van der Waals surface area contributed by atoms with Crippen LogP contribution < -0.4 is 0 Å². The first kappa shape index (κ1) is 14.4. The summed E-state index contributed by atoms with van der Waals surface area (Å²) < 4.78 is 1.83. The molecule has 0 aliphatic heterocycles. The number of Topliss-reactive ketones (excluding diaryl/α,β-unsaturated/α-hetero) is 1. The van der Waals surface area contributed by atoms with Crippen molar-refractivity contribution >= 4 is 46.4 Å². The zero-order valence-corrected chi connectivity index (χ0v) is 13.0. The second kappa shape index (κ2) is 6.05. The van der Waals surface area contributed by atoms with Gasteiger partial charge in [-0.2, -0.15) is 0 Å². The minimum atomic E-state index is -0.0747. The third-order valence-corrected chi connectivity index (χ3v) is 4.34. The molecular weight excluding hydrogens is 329 g/mol. The van der Waals surface area contributed by atoms with Gasteiger partial charge in [-0.3, -0.25) is 9.20 Å². The predicted molar refractivity (Wildman–Crippen MR) is 84.5 cm³/mol. The minimum Gasteiger partial charge on any atom is -0.293 e. The zero-order chi connectivity index (χ0) is 14.8. The van der Waals surface area contributed by atoms with Gasteiger partial charge in [0.2, 0.25) is 0 Å². The van der Waals surface area contributed by atoms with Gasteiger partial charge in [0.15, 0.2) is 16.6 Å². The van der Waals surface area contributed by atoms with Crippen LogP contribution in [0.5, 0.6) is 0 Å². The Hall–Kier alpha value is -1.56. The number of hydrogen-bond acceptors (Lipinski definition) is 4.